The predicted octanol–water partition coefficient (Wildman–Crippen LogP) is 3.70. The number of nitrogens with zero attached hydrogens (tertiary/aromatic N) is 1. The highest BCUT2D eigenvalue weighted by Gasteiger charge is 2.27. The molecule has 0 bridgehead atoms. The van der Waals surface area contributed by atoms with E-state index in [4.69, 9.17) is 4.74 Å². The van der Waals surface area contributed by atoms with Gasteiger partial charge in [-0.1, -0.05) is 29.8 Å². The highest BCUT2D eigenvalue weighted by atomic mass is 32.2. The van der Waals surface area contributed by atoms with E-state index in [0.29, 0.717) is 24.4 Å². The molecule has 3 aromatic carbocycles. The van der Waals surface area contributed by atoms with Gasteiger partial charge in [0.25, 0.3) is 10.0 Å². The third-order valence-corrected chi connectivity index (χ3v) is 6.69. The topological polar surface area (TPSA) is 75.7 Å². The van der Waals surface area contributed by atoms with Gasteiger partial charge in [-0.3, -0.25) is 9.10 Å². The lowest BCUT2D eigenvalue weighted by Crippen LogP contribution is -2.41. The third-order valence-electron chi connectivity index (χ3n) is 4.91. The molecule has 1 amide bonds. The molecule has 0 aromatic heterocycles. The summed E-state index contributed by atoms with van der Waals surface area (Å²) in [5.74, 6) is -0.232. The predicted molar refractivity (Wildman–Crippen MR) is 122 cm³/mol. The number of benzene rings is 3. The van der Waals surface area contributed by atoms with Crippen LogP contribution in [0.3, 0.4) is 0 Å². The van der Waals surface area contributed by atoms with E-state index in [2.05, 4.69) is 5.32 Å². The van der Waals surface area contributed by atoms with Crippen molar-refractivity contribution in [3.63, 3.8) is 0 Å². The van der Waals surface area contributed by atoms with Gasteiger partial charge in [0, 0.05) is 6.54 Å². The van der Waals surface area contributed by atoms with Gasteiger partial charge in [-0.2, -0.15) is 0 Å². The number of hydrogen-bond acceptors (Lipinski definition) is 4. The quantitative estimate of drug-likeness (QED) is 0.533. The average Bonchev–Trinajstić information content (AvgIpc) is 2.79. The summed E-state index contributed by atoms with van der Waals surface area (Å²) in [4.78, 5) is 12.7. The Labute approximate surface area is 187 Å². The van der Waals surface area contributed by atoms with Crippen molar-refractivity contribution in [2.75, 3.05) is 24.5 Å². The number of halogens is 1. The summed E-state index contributed by atoms with van der Waals surface area (Å²) in [5.41, 5.74) is 2.23. The molecular formula is C24H25FN2O4S. The number of ether oxygens (including phenoxy) is 1. The smallest absolute Gasteiger partial charge is 0.264 e. The van der Waals surface area contributed by atoms with Crippen LogP contribution in [0.1, 0.15) is 11.1 Å². The van der Waals surface area contributed by atoms with Crippen molar-refractivity contribution in [1.82, 2.24) is 5.32 Å². The summed E-state index contributed by atoms with van der Waals surface area (Å²) in [6.45, 7) is 1.82. The summed E-state index contributed by atoms with van der Waals surface area (Å²) in [7, 11) is -2.50. The minimum atomic E-state index is -3.99. The van der Waals surface area contributed by atoms with Gasteiger partial charge >= 0.3 is 0 Å². The van der Waals surface area contributed by atoms with E-state index in [0.717, 1.165) is 15.4 Å². The second-order valence-electron chi connectivity index (χ2n) is 7.25. The van der Waals surface area contributed by atoms with E-state index >= 15 is 0 Å². The monoisotopic (exact) mass is 456 g/mol. The summed E-state index contributed by atoms with van der Waals surface area (Å²) in [5, 5.41) is 2.74. The molecule has 0 radical (unpaired) electrons. The molecule has 0 atom stereocenters. The molecule has 0 saturated heterocycles. The van der Waals surface area contributed by atoms with Gasteiger partial charge in [-0.25, -0.2) is 12.8 Å². The first-order valence-corrected chi connectivity index (χ1v) is 11.5. The summed E-state index contributed by atoms with van der Waals surface area (Å²) >= 11 is 0. The number of rotatable bonds is 9. The Balaban J connectivity index is 1.77. The van der Waals surface area contributed by atoms with Crippen molar-refractivity contribution in [2.45, 2.75) is 18.2 Å². The van der Waals surface area contributed by atoms with Gasteiger partial charge in [-0.05, 0) is 67.4 Å². The average molecular weight is 457 g/mol. The minimum absolute atomic E-state index is 0.0537. The number of methoxy groups -OCH3 is 1. The Morgan fingerprint density at radius 2 is 1.59 bits per heavy atom. The number of nitrogens with one attached hydrogen (secondary N) is 1. The lowest BCUT2D eigenvalue weighted by atomic mass is 10.1. The maximum atomic E-state index is 13.3. The van der Waals surface area contributed by atoms with Crippen LogP contribution in [0.25, 0.3) is 0 Å². The Kier molecular flexibility index (Phi) is 7.48. The standard InChI is InChI=1S/C24H25FN2O4S/c1-18-3-9-21(10-4-18)27(32(29,30)23-13-11-22(31-2)12-14-23)17-24(28)26-16-15-19-5-7-20(25)8-6-19/h3-14H,15-17H2,1-2H3,(H,26,28). The van der Waals surface area contributed by atoms with Crippen molar-refractivity contribution in [3.8, 4) is 5.75 Å². The zero-order valence-corrected chi connectivity index (χ0v) is 18.7. The second-order valence-corrected chi connectivity index (χ2v) is 9.11. The van der Waals surface area contributed by atoms with Gasteiger partial charge in [0.05, 0.1) is 17.7 Å². The van der Waals surface area contributed by atoms with E-state index in [-0.39, 0.29) is 17.3 Å². The first-order chi connectivity index (χ1) is 15.3. The fourth-order valence-corrected chi connectivity index (χ4v) is 4.51. The molecule has 168 valence electrons. The van der Waals surface area contributed by atoms with Crippen molar-refractivity contribution in [1.29, 1.82) is 0 Å². The second kappa shape index (κ2) is 10.3. The Hall–Kier alpha value is -3.39. The highest BCUT2D eigenvalue weighted by Crippen LogP contribution is 2.25. The zero-order chi connectivity index (χ0) is 23.1. The number of hydrogen-bond donors (Lipinski definition) is 1. The number of amides is 1. The fourth-order valence-electron chi connectivity index (χ4n) is 3.08. The molecule has 0 spiro atoms. The first-order valence-electron chi connectivity index (χ1n) is 10.0. The number of anilines is 1. The third kappa shape index (κ3) is 5.85. The van der Waals surface area contributed by atoms with Crippen LogP contribution in [0.15, 0.2) is 77.7 Å². The number of aryl methyl sites for hydroxylation is 1. The van der Waals surface area contributed by atoms with Gasteiger partial charge in [0.15, 0.2) is 0 Å². The van der Waals surface area contributed by atoms with Crippen LogP contribution in [0, 0.1) is 12.7 Å². The van der Waals surface area contributed by atoms with Crippen LogP contribution < -0.4 is 14.4 Å². The Bertz CT molecular complexity index is 1150. The van der Waals surface area contributed by atoms with Crippen LogP contribution in [0.2, 0.25) is 0 Å². The molecule has 6 nitrogen and oxygen atoms in total. The highest BCUT2D eigenvalue weighted by molar-refractivity contribution is 7.92. The van der Waals surface area contributed by atoms with Gasteiger partial charge in [0.2, 0.25) is 5.91 Å². The van der Waals surface area contributed by atoms with Crippen molar-refractivity contribution in [3.05, 3.63) is 89.7 Å². The van der Waals surface area contributed by atoms with Crippen LogP contribution in [0.5, 0.6) is 5.75 Å². The molecule has 32 heavy (non-hydrogen) atoms. The zero-order valence-electron chi connectivity index (χ0n) is 17.9. The fraction of sp³-hybridized carbons (Fsp3) is 0.208. The molecule has 0 aliphatic heterocycles. The molecule has 0 saturated carbocycles. The summed E-state index contributed by atoms with van der Waals surface area (Å²) in [6.07, 6.45) is 0.502. The number of carbonyl (C=O) groups is 1. The van der Waals surface area contributed by atoms with Gasteiger partial charge in [-0.15, -0.1) is 0 Å². The maximum absolute atomic E-state index is 13.3. The first kappa shape index (κ1) is 23.3. The van der Waals surface area contributed by atoms with Crippen LogP contribution >= 0.6 is 0 Å². The molecule has 8 heteroatoms. The van der Waals surface area contributed by atoms with Crippen LogP contribution in [-0.2, 0) is 21.2 Å². The molecule has 0 aliphatic carbocycles. The van der Waals surface area contributed by atoms with Crippen molar-refractivity contribution in [2.24, 2.45) is 0 Å². The number of sulfonamides is 1. The lowest BCUT2D eigenvalue weighted by molar-refractivity contribution is -0.119. The van der Waals surface area contributed by atoms with E-state index < -0.39 is 15.9 Å². The van der Waals surface area contributed by atoms with Gasteiger partial charge < -0.3 is 10.1 Å². The Morgan fingerprint density at radius 3 is 2.19 bits per heavy atom. The molecule has 0 heterocycles. The van der Waals surface area contributed by atoms with E-state index in [1.165, 1.54) is 31.4 Å². The van der Waals surface area contributed by atoms with E-state index in [9.17, 15) is 17.6 Å². The number of carbonyl (C=O) groups excluding carboxylic acids is 1. The molecule has 1 N–H and O–H groups in total. The maximum Gasteiger partial charge on any atom is 0.264 e. The van der Waals surface area contributed by atoms with E-state index in [1.54, 1.807) is 48.5 Å². The lowest BCUT2D eigenvalue weighted by Gasteiger charge is -2.24. The molecule has 0 aliphatic rings. The molecule has 0 unspecified atom stereocenters. The van der Waals surface area contributed by atoms with Crippen LogP contribution in [-0.4, -0.2) is 34.5 Å². The van der Waals surface area contributed by atoms with E-state index in [1.807, 2.05) is 6.92 Å². The van der Waals surface area contributed by atoms with Crippen molar-refractivity contribution < 1.29 is 22.3 Å². The Morgan fingerprint density at radius 1 is 0.969 bits per heavy atom. The van der Waals surface area contributed by atoms with Gasteiger partial charge in [0.1, 0.15) is 18.1 Å². The summed E-state index contributed by atoms with van der Waals surface area (Å²) < 4.78 is 45.9. The molecule has 0 fully saturated rings. The normalized spacial score (nSPS) is 11.1. The largest absolute Gasteiger partial charge is 0.497 e. The van der Waals surface area contributed by atoms with Crippen LogP contribution in [0.4, 0.5) is 10.1 Å². The van der Waals surface area contributed by atoms with Crippen molar-refractivity contribution >= 4 is 21.6 Å². The minimum Gasteiger partial charge on any atom is -0.497 e. The summed E-state index contributed by atoms with van der Waals surface area (Å²) in [6, 6.07) is 18.9. The SMILES string of the molecule is COc1ccc(S(=O)(=O)N(CC(=O)NCCc2ccc(F)cc2)c2ccc(C)cc2)cc1. The molecule has 3 rings (SSSR count). The molecular weight excluding hydrogens is 431 g/mol. The molecule has 3 aromatic rings.